The molecule has 2 aromatic carbocycles. The average molecular weight is 349 g/mol. The zero-order valence-corrected chi connectivity index (χ0v) is 15.3. The summed E-state index contributed by atoms with van der Waals surface area (Å²) in [6.45, 7) is 2.72. The van der Waals surface area contributed by atoms with Crippen molar-refractivity contribution in [2.75, 3.05) is 20.6 Å². The van der Waals surface area contributed by atoms with Gasteiger partial charge < -0.3 is 10.2 Å². The van der Waals surface area contributed by atoms with E-state index in [0.717, 1.165) is 11.3 Å². The van der Waals surface area contributed by atoms with Crippen LogP contribution in [0.25, 0.3) is 5.69 Å². The number of aromatic nitrogens is 3. The van der Waals surface area contributed by atoms with Gasteiger partial charge in [-0.25, -0.2) is 4.68 Å². The third-order valence-electron chi connectivity index (χ3n) is 4.08. The van der Waals surface area contributed by atoms with Gasteiger partial charge in [-0.2, -0.15) is 0 Å². The van der Waals surface area contributed by atoms with Crippen molar-refractivity contribution in [2.24, 2.45) is 0 Å². The van der Waals surface area contributed by atoms with Gasteiger partial charge in [-0.1, -0.05) is 53.2 Å². The SMILES string of the molecule is Cc1ccc(-n2cc(C(=O)NC(CN(C)C)c3ccccc3)nn2)cc1. The van der Waals surface area contributed by atoms with Crippen LogP contribution in [0.2, 0.25) is 0 Å². The van der Waals surface area contributed by atoms with E-state index >= 15 is 0 Å². The first-order valence-electron chi connectivity index (χ1n) is 8.53. The van der Waals surface area contributed by atoms with E-state index in [9.17, 15) is 4.79 Å². The highest BCUT2D eigenvalue weighted by Gasteiger charge is 2.19. The Balaban J connectivity index is 1.76. The number of benzene rings is 2. The van der Waals surface area contributed by atoms with E-state index in [1.54, 1.807) is 10.9 Å². The topological polar surface area (TPSA) is 63.1 Å². The van der Waals surface area contributed by atoms with Crippen LogP contribution in [0.3, 0.4) is 0 Å². The Morgan fingerprint density at radius 2 is 1.81 bits per heavy atom. The Hall–Kier alpha value is -2.99. The van der Waals surface area contributed by atoms with Gasteiger partial charge in [-0.3, -0.25) is 4.79 Å². The molecule has 6 heteroatoms. The Bertz CT molecular complexity index is 855. The molecular weight excluding hydrogens is 326 g/mol. The molecule has 134 valence electrons. The third kappa shape index (κ3) is 4.34. The van der Waals surface area contributed by atoms with Crippen LogP contribution in [0.4, 0.5) is 0 Å². The Labute approximate surface area is 153 Å². The molecule has 0 aliphatic carbocycles. The van der Waals surface area contributed by atoms with E-state index in [1.165, 1.54) is 5.56 Å². The van der Waals surface area contributed by atoms with Crippen molar-refractivity contribution in [3.05, 3.63) is 77.6 Å². The predicted octanol–water partition coefficient (Wildman–Crippen LogP) is 2.61. The van der Waals surface area contributed by atoms with Gasteiger partial charge in [-0.05, 0) is 38.7 Å². The number of hydrogen-bond acceptors (Lipinski definition) is 4. The Morgan fingerprint density at radius 1 is 1.12 bits per heavy atom. The number of nitrogens with one attached hydrogen (secondary N) is 1. The maximum absolute atomic E-state index is 12.7. The minimum Gasteiger partial charge on any atom is -0.342 e. The van der Waals surface area contributed by atoms with Crippen molar-refractivity contribution in [3.8, 4) is 5.69 Å². The molecule has 0 saturated heterocycles. The second-order valence-electron chi connectivity index (χ2n) is 6.58. The molecule has 1 heterocycles. The Kier molecular flexibility index (Phi) is 5.43. The average Bonchev–Trinajstić information content (AvgIpc) is 3.12. The summed E-state index contributed by atoms with van der Waals surface area (Å²) < 4.78 is 1.61. The molecule has 0 spiro atoms. The van der Waals surface area contributed by atoms with E-state index in [0.29, 0.717) is 12.2 Å². The number of amides is 1. The van der Waals surface area contributed by atoms with Crippen LogP contribution in [0.5, 0.6) is 0 Å². The molecule has 1 unspecified atom stereocenters. The number of rotatable bonds is 6. The first-order chi connectivity index (χ1) is 12.5. The molecule has 1 N–H and O–H groups in total. The van der Waals surface area contributed by atoms with Gasteiger partial charge in [0.05, 0.1) is 17.9 Å². The monoisotopic (exact) mass is 349 g/mol. The van der Waals surface area contributed by atoms with Gasteiger partial charge in [-0.15, -0.1) is 5.10 Å². The first-order valence-corrected chi connectivity index (χ1v) is 8.53. The first kappa shape index (κ1) is 17.8. The standard InChI is InChI=1S/C20H23N5O/c1-15-9-11-17(12-10-15)25-14-19(22-23-25)20(26)21-18(13-24(2)3)16-7-5-4-6-8-16/h4-12,14,18H,13H2,1-3H3,(H,21,26). The maximum Gasteiger partial charge on any atom is 0.274 e. The molecular formula is C20H23N5O. The zero-order chi connectivity index (χ0) is 18.5. The van der Waals surface area contributed by atoms with Gasteiger partial charge in [0, 0.05) is 6.54 Å². The van der Waals surface area contributed by atoms with Gasteiger partial charge in [0.25, 0.3) is 5.91 Å². The molecule has 0 saturated carbocycles. The van der Waals surface area contributed by atoms with Crippen LogP contribution in [-0.2, 0) is 0 Å². The van der Waals surface area contributed by atoms with Gasteiger partial charge in [0.1, 0.15) is 0 Å². The summed E-state index contributed by atoms with van der Waals surface area (Å²) in [5.41, 5.74) is 3.39. The summed E-state index contributed by atoms with van der Waals surface area (Å²) in [5.74, 6) is -0.237. The zero-order valence-electron chi connectivity index (χ0n) is 15.3. The summed E-state index contributed by atoms with van der Waals surface area (Å²) >= 11 is 0. The number of likely N-dealkylation sites (N-methyl/N-ethyl adjacent to an activating group) is 1. The highest BCUT2D eigenvalue weighted by Crippen LogP contribution is 2.14. The second-order valence-corrected chi connectivity index (χ2v) is 6.58. The van der Waals surface area contributed by atoms with Crippen LogP contribution >= 0.6 is 0 Å². The van der Waals surface area contributed by atoms with Crippen LogP contribution in [-0.4, -0.2) is 46.4 Å². The van der Waals surface area contributed by atoms with Gasteiger partial charge in [0.15, 0.2) is 5.69 Å². The quantitative estimate of drug-likeness (QED) is 0.743. The summed E-state index contributed by atoms with van der Waals surface area (Å²) in [6.07, 6.45) is 1.65. The van der Waals surface area contributed by atoms with Crippen molar-refractivity contribution in [2.45, 2.75) is 13.0 Å². The molecule has 1 amide bonds. The minimum atomic E-state index is -0.237. The smallest absolute Gasteiger partial charge is 0.274 e. The van der Waals surface area contributed by atoms with E-state index in [2.05, 4.69) is 15.6 Å². The fraction of sp³-hybridized carbons (Fsp3) is 0.250. The lowest BCUT2D eigenvalue weighted by molar-refractivity contribution is 0.0925. The molecule has 1 atom stereocenters. The van der Waals surface area contributed by atoms with Crippen LogP contribution in [0.1, 0.15) is 27.7 Å². The molecule has 0 bridgehead atoms. The van der Waals surface area contributed by atoms with Crippen molar-refractivity contribution in [1.29, 1.82) is 0 Å². The molecule has 6 nitrogen and oxygen atoms in total. The summed E-state index contributed by atoms with van der Waals surface area (Å²) in [5, 5.41) is 11.2. The lowest BCUT2D eigenvalue weighted by Crippen LogP contribution is -2.35. The van der Waals surface area contributed by atoms with Gasteiger partial charge in [0.2, 0.25) is 0 Å². The summed E-state index contributed by atoms with van der Waals surface area (Å²) in [4.78, 5) is 14.7. The maximum atomic E-state index is 12.7. The van der Waals surface area contributed by atoms with Gasteiger partial charge >= 0.3 is 0 Å². The number of carbonyl (C=O) groups excluding carboxylic acids is 1. The molecule has 1 aromatic heterocycles. The lowest BCUT2D eigenvalue weighted by Gasteiger charge is -2.22. The summed E-state index contributed by atoms with van der Waals surface area (Å²) in [7, 11) is 3.96. The molecule has 3 aromatic rings. The second kappa shape index (κ2) is 7.93. The highest BCUT2D eigenvalue weighted by molar-refractivity contribution is 5.92. The lowest BCUT2D eigenvalue weighted by atomic mass is 10.1. The number of aryl methyl sites for hydroxylation is 1. The van der Waals surface area contributed by atoms with E-state index in [1.807, 2.05) is 80.5 Å². The summed E-state index contributed by atoms with van der Waals surface area (Å²) in [6, 6.07) is 17.7. The fourth-order valence-electron chi connectivity index (χ4n) is 2.71. The number of carbonyl (C=O) groups is 1. The van der Waals surface area contributed by atoms with Crippen molar-refractivity contribution in [3.63, 3.8) is 0 Å². The van der Waals surface area contributed by atoms with E-state index in [4.69, 9.17) is 0 Å². The largest absolute Gasteiger partial charge is 0.342 e. The molecule has 0 aliphatic heterocycles. The third-order valence-corrected chi connectivity index (χ3v) is 4.08. The van der Waals surface area contributed by atoms with Crippen LogP contribution in [0, 0.1) is 6.92 Å². The van der Waals surface area contributed by atoms with Crippen molar-refractivity contribution < 1.29 is 4.79 Å². The number of hydrogen-bond donors (Lipinski definition) is 1. The number of nitrogens with zero attached hydrogens (tertiary/aromatic N) is 4. The van der Waals surface area contributed by atoms with Crippen LogP contribution in [0.15, 0.2) is 60.8 Å². The predicted molar refractivity (Wildman–Crippen MR) is 101 cm³/mol. The minimum absolute atomic E-state index is 0.122. The van der Waals surface area contributed by atoms with Crippen molar-refractivity contribution in [1.82, 2.24) is 25.2 Å². The van der Waals surface area contributed by atoms with E-state index in [-0.39, 0.29) is 11.9 Å². The van der Waals surface area contributed by atoms with Crippen LogP contribution < -0.4 is 5.32 Å². The fourth-order valence-corrected chi connectivity index (χ4v) is 2.71. The molecule has 26 heavy (non-hydrogen) atoms. The Morgan fingerprint density at radius 3 is 2.46 bits per heavy atom. The van der Waals surface area contributed by atoms with Crippen molar-refractivity contribution >= 4 is 5.91 Å². The molecule has 3 rings (SSSR count). The molecule has 0 fully saturated rings. The molecule has 0 radical (unpaired) electrons. The van der Waals surface area contributed by atoms with E-state index < -0.39 is 0 Å². The normalized spacial score (nSPS) is 12.2. The molecule has 0 aliphatic rings. The highest BCUT2D eigenvalue weighted by atomic mass is 16.2.